The molecule has 1 fully saturated rings. The summed E-state index contributed by atoms with van der Waals surface area (Å²) in [4.78, 5) is 12.2. The number of amides is 1. The standard InChI is InChI=1S/C16H24N2O2S/c1-12(21(20)11-14-4-2-3-5-14)16(19)18-15-8-6-13(10-17)7-9-15/h6-9,12,14H,2-5,10-11,17H2,1H3,(H,18,19). The highest BCUT2D eigenvalue weighted by molar-refractivity contribution is 7.86. The SMILES string of the molecule is CC(C(=O)Nc1ccc(CN)cc1)S(=O)CC1CCCC1. The maximum Gasteiger partial charge on any atom is 0.239 e. The Bertz CT molecular complexity index is 496. The van der Waals surface area contributed by atoms with E-state index in [0.717, 1.165) is 24.1 Å². The van der Waals surface area contributed by atoms with Gasteiger partial charge in [0.15, 0.2) is 0 Å². The minimum absolute atomic E-state index is 0.174. The van der Waals surface area contributed by atoms with E-state index in [1.54, 1.807) is 6.92 Å². The van der Waals surface area contributed by atoms with Gasteiger partial charge in [0.2, 0.25) is 5.91 Å². The zero-order chi connectivity index (χ0) is 15.2. The molecule has 21 heavy (non-hydrogen) atoms. The first-order valence-electron chi connectivity index (χ1n) is 7.57. The quantitative estimate of drug-likeness (QED) is 0.847. The number of carbonyl (C=O) groups is 1. The van der Waals surface area contributed by atoms with Gasteiger partial charge in [-0.15, -0.1) is 0 Å². The maximum atomic E-state index is 12.3. The average molecular weight is 308 g/mol. The lowest BCUT2D eigenvalue weighted by Gasteiger charge is -2.15. The molecule has 0 aliphatic heterocycles. The van der Waals surface area contributed by atoms with Crippen molar-refractivity contribution in [3.8, 4) is 0 Å². The first kappa shape index (κ1) is 16.2. The molecule has 0 spiro atoms. The smallest absolute Gasteiger partial charge is 0.239 e. The van der Waals surface area contributed by atoms with E-state index in [0.29, 0.717) is 18.2 Å². The number of benzene rings is 1. The van der Waals surface area contributed by atoms with Crippen LogP contribution in [0.5, 0.6) is 0 Å². The highest BCUT2D eigenvalue weighted by Crippen LogP contribution is 2.26. The third kappa shape index (κ3) is 4.64. The van der Waals surface area contributed by atoms with Crippen molar-refractivity contribution >= 4 is 22.4 Å². The Morgan fingerprint density at radius 1 is 1.33 bits per heavy atom. The van der Waals surface area contributed by atoms with Crippen LogP contribution in [-0.2, 0) is 22.1 Å². The van der Waals surface area contributed by atoms with Crippen LogP contribution in [0.4, 0.5) is 5.69 Å². The highest BCUT2D eigenvalue weighted by Gasteiger charge is 2.24. The van der Waals surface area contributed by atoms with Gasteiger partial charge in [-0.3, -0.25) is 9.00 Å². The van der Waals surface area contributed by atoms with Crippen molar-refractivity contribution in [2.45, 2.75) is 44.4 Å². The minimum Gasteiger partial charge on any atom is -0.326 e. The Morgan fingerprint density at radius 2 is 1.95 bits per heavy atom. The molecular weight excluding hydrogens is 284 g/mol. The monoisotopic (exact) mass is 308 g/mol. The fraction of sp³-hybridized carbons (Fsp3) is 0.562. The van der Waals surface area contributed by atoms with Crippen LogP contribution in [-0.4, -0.2) is 21.1 Å². The largest absolute Gasteiger partial charge is 0.326 e. The Kier molecular flexibility index (Phi) is 5.94. The van der Waals surface area contributed by atoms with Crippen molar-refractivity contribution in [2.24, 2.45) is 11.7 Å². The lowest BCUT2D eigenvalue weighted by molar-refractivity contribution is -0.115. The molecule has 2 rings (SSSR count). The Labute approximate surface area is 129 Å². The van der Waals surface area contributed by atoms with Gasteiger partial charge in [-0.1, -0.05) is 25.0 Å². The third-order valence-electron chi connectivity index (χ3n) is 4.10. The molecule has 0 aromatic heterocycles. The molecule has 3 N–H and O–H groups in total. The van der Waals surface area contributed by atoms with E-state index in [-0.39, 0.29) is 5.91 Å². The number of nitrogens with one attached hydrogen (secondary N) is 1. The molecule has 1 aliphatic carbocycles. The van der Waals surface area contributed by atoms with Crippen LogP contribution in [0.3, 0.4) is 0 Å². The normalized spacial score (nSPS) is 18.4. The summed E-state index contributed by atoms with van der Waals surface area (Å²) in [7, 11) is -1.10. The van der Waals surface area contributed by atoms with E-state index in [1.807, 2.05) is 24.3 Å². The molecule has 5 heteroatoms. The molecule has 2 unspecified atom stereocenters. The van der Waals surface area contributed by atoms with Gasteiger partial charge in [0, 0.05) is 28.8 Å². The summed E-state index contributed by atoms with van der Waals surface area (Å²) >= 11 is 0. The second-order valence-corrected chi connectivity index (χ2v) is 7.53. The molecule has 1 saturated carbocycles. The number of hydrogen-bond acceptors (Lipinski definition) is 3. The van der Waals surface area contributed by atoms with Gasteiger partial charge < -0.3 is 11.1 Å². The Balaban J connectivity index is 1.87. The molecule has 0 saturated heterocycles. The predicted molar refractivity (Wildman–Crippen MR) is 87.4 cm³/mol. The molecule has 0 radical (unpaired) electrons. The third-order valence-corrected chi connectivity index (χ3v) is 5.90. The van der Waals surface area contributed by atoms with E-state index < -0.39 is 16.0 Å². The van der Waals surface area contributed by atoms with Crippen LogP contribution >= 0.6 is 0 Å². The molecule has 4 nitrogen and oxygen atoms in total. The second-order valence-electron chi connectivity index (χ2n) is 5.73. The fourth-order valence-corrected chi connectivity index (χ4v) is 4.03. The lowest BCUT2D eigenvalue weighted by atomic mass is 10.1. The topological polar surface area (TPSA) is 72.2 Å². The van der Waals surface area contributed by atoms with Gasteiger partial charge in [0.05, 0.1) is 0 Å². The van der Waals surface area contributed by atoms with Gasteiger partial charge in [0.1, 0.15) is 5.25 Å². The zero-order valence-electron chi connectivity index (χ0n) is 12.5. The van der Waals surface area contributed by atoms with E-state index >= 15 is 0 Å². The summed E-state index contributed by atoms with van der Waals surface area (Å²) in [6.07, 6.45) is 4.77. The van der Waals surface area contributed by atoms with E-state index in [2.05, 4.69) is 5.32 Å². The number of hydrogen-bond donors (Lipinski definition) is 2. The van der Waals surface area contributed by atoms with Crippen molar-refractivity contribution in [3.05, 3.63) is 29.8 Å². The van der Waals surface area contributed by atoms with Gasteiger partial charge in [-0.2, -0.15) is 0 Å². The Morgan fingerprint density at radius 3 is 2.52 bits per heavy atom. The van der Waals surface area contributed by atoms with Crippen LogP contribution in [0, 0.1) is 5.92 Å². The molecule has 1 aromatic carbocycles. The minimum atomic E-state index is -1.10. The summed E-state index contributed by atoms with van der Waals surface area (Å²) in [5.74, 6) is 1.01. The van der Waals surface area contributed by atoms with E-state index in [4.69, 9.17) is 5.73 Å². The second kappa shape index (κ2) is 7.71. The van der Waals surface area contributed by atoms with Crippen LogP contribution in [0.2, 0.25) is 0 Å². The van der Waals surface area contributed by atoms with Crippen LogP contribution in [0.15, 0.2) is 24.3 Å². The molecule has 0 bridgehead atoms. The number of anilines is 1. The van der Waals surface area contributed by atoms with Gasteiger partial charge in [-0.05, 0) is 43.4 Å². The first-order valence-corrected chi connectivity index (χ1v) is 8.95. The summed E-state index contributed by atoms with van der Waals surface area (Å²) in [5, 5.41) is 2.35. The predicted octanol–water partition coefficient (Wildman–Crippen LogP) is 2.41. The van der Waals surface area contributed by atoms with Crippen molar-refractivity contribution in [1.29, 1.82) is 0 Å². The first-order chi connectivity index (χ1) is 10.1. The maximum absolute atomic E-state index is 12.3. The van der Waals surface area contributed by atoms with Crippen molar-refractivity contribution in [2.75, 3.05) is 11.1 Å². The molecule has 2 atom stereocenters. The van der Waals surface area contributed by atoms with Gasteiger partial charge in [0.25, 0.3) is 0 Å². The summed E-state index contributed by atoms with van der Waals surface area (Å²) in [6, 6.07) is 7.42. The summed E-state index contributed by atoms with van der Waals surface area (Å²) < 4.78 is 12.3. The molecule has 116 valence electrons. The number of rotatable bonds is 6. The number of nitrogens with two attached hydrogens (primary N) is 1. The highest BCUT2D eigenvalue weighted by atomic mass is 32.2. The lowest BCUT2D eigenvalue weighted by Crippen LogP contribution is -2.31. The fourth-order valence-electron chi connectivity index (χ4n) is 2.64. The summed E-state index contributed by atoms with van der Waals surface area (Å²) in [5.41, 5.74) is 7.28. The van der Waals surface area contributed by atoms with Crippen LogP contribution in [0.25, 0.3) is 0 Å². The summed E-state index contributed by atoms with van der Waals surface area (Å²) in [6.45, 7) is 2.23. The zero-order valence-corrected chi connectivity index (χ0v) is 13.3. The van der Waals surface area contributed by atoms with Crippen molar-refractivity contribution in [1.82, 2.24) is 0 Å². The Hall–Kier alpha value is -1.20. The van der Waals surface area contributed by atoms with Gasteiger partial charge >= 0.3 is 0 Å². The van der Waals surface area contributed by atoms with Crippen molar-refractivity contribution < 1.29 is 9.00 Å². The molecule has 1 aromatic rings. The molecule has 1 aliphatic rings. The molecule has 0 heterocycles. The van der Waals surface area contributed by atoms with Crippen LogP contribution < -0.4 is 11.1 Å². The average Bonchev–Trinajstić information content (AvgIpc) is 3.00. The number of carbonyl (C=O) groups excluding carboxylic acids is 1. The van der Waals surface area contributed by atoms with E-state index in [9.17, 15) is 9.00 Å². The molecule has 1 amide bonds. The van der Waals surface area contributed by atoms with Gasteiger partial charge in [-0.25, -0.2) is 0 Å². The van der Waals surface area contributed by atoms with E-state index in [1.165, 1.54) is 12.8 Å². The van der Waals surface area contributed by atoms with Crippen LogP contribution in [0.1, 0.15) is 38.2 Å². The van der Waals surface area contributed by atoms with Crippen molar-refractivity contribution in [3.63, 3.8) is 0 Å². The molecular formula is C16H24N2O2S.